The normalized spacial score (nSPS) is 11.5. The summed E-state index contributed by atoms with van der Waals surface area (Å²) in [7, 11) is 0. The lowest BCUT2D eigenvalue weighted by atomic mass is 10.0. The molecule has 0 aliphatic carbocycles. The van der Waals surface area contributed by atoms with E-state index in [-0.39, 0.29) is 0 Å². The van der Waals surface area contributed by atoms with Crippen LogP contribution in [0.4, 0.5) is 0 Å². The number of unbranched alkanes of at least 4 members (excludes halogenated alkanes) is 25. The molecule has 0 unspecified atom stereocenters. The summed E-state index contributed by atoms with van der Waals surface area (Å²) in [5, 5.41) is 0. The predicted octanol–water partition coefficient (Wildman–Crippen LogP) is 14.0. The lowest BCUT2D eigenvalue weighted by Gasteiger charge is -2.04. The Morgan fingerprint density at radius 2 is 0.743 bits per heavy atom. The van der Waals surface area contributed by atoms with E-state index >= 15 is 0 Å². The molecule has 1 aromatic rings. The minimum absolute atomic E-state index is 1.22. The fourth-order valence-corrected chi connectivity index (χ4v) is 8.09. The highest BCUT2D eigenvalue weighted by atomic mass is 79.9. The molecule has 0 radical (unpaired) electrons. The highest BCUT2D eigenvalue weighted by Crippen LogP contribution is 2.32. The number of rotatable bonds is 27. The van der Waals surface area contributed by atoms with Gasteiger partial charge in [-0.05, 0) is 56.3 Å². The van der Waals surface area contributed by atoms with Crippen molar-refractivity contribution in [2.45, 2.75) is 180 Å². The van der Waals surface area contributed by atoms with E-state index < -0.39 is 0 Å². The van der Waals surface area contributed by atoms with Gasteiger partial charge in [0.15, 0.2) is 0 Å². The van der Waals surface area contributed by atoms with Crippen LogP contribution in [-0.4, -0.2) is 0 Å². The van der Waals surface area contributed by atoms with E-state index in [2.05, 4.69) is 44.8 Å². The predicted molar refractivity (Wildman–Crippen MR) is 169 cm³/mol. The van der Waals surface area contributed by atoms with Gasteiger partial charge in [-0.25, -0.2) is 0 Å². The topological polar surface area (TPSA) is 0 Å². The maximum atomic E-state index is 3.67. The second-order valence-corrected chi connectivity index (χ2v) is 14.7. The van der Waals surface area contributed by atoms with Gasteiger partial charge in [-0.3, -0.25) is 0 Å². The fourth-order valence-electron chi connectivity index (χ4n) is 5.18. The summed E-state index contributed by atoms with van der Waals surface area (Å²) >= 11 is 9.05. The Morgan fingerprint density at radius 1 is 0.457 bits per heavy atom. The number of hydrogen-bond donors (Lipinski definition) is 0. The second kappa shape index (κ2) is 26.3. The average Bonchev–Trinajstić information content (AvgIpc) is 3.17. The Morgan fingerprint density at radius 3 is 1.00 bits per heavy atom. The van der Waals surface area contributed by atoms with Gasteiger partial charge in [-0.15, -0.1) is 11.3 Å². The molecule has 0 fully saturated rings. The summed E-state index contributed by atoms with van der Waals surface area (Å²) < 4.78 is 2.55. The smallest absolute Gasteiger partial charge is 0.0742 e. The lowest BCUT2D eigenvalue weighted by Crippen LogP contribution is -1.86. The number of hydrogen-bond acceptors (Lipinski definition) is 1. The standard InChI is InChI=1S/C32H58Br2S/c1-2-3-4-5-6-7-8-9-10-11-12-13-14-15-16-17-18-19-20-21-22-23-24-25-26-27-28-30-29-31(33)35-32(30)34/h29H,2-28H2,1H3. The molecule has 3 heteroatoms. The van der Waals surface area contributed by atoms with Gasteiger partial charge in [0.05, 0.1) is 7.57 Å². The third kappa shape index (κ3) is 22.4. The van der Waals surface area contributed by atoms with Crippen molar-refractivity contribution < 1.29 is 0 Å². The maximum Gasteiger partial charge on any atom is 0.0742 e. The van der Waals surface area contributed by atoms with Crippen molar-refractivity contribution in [1.29, 1.82) is 0 Å². The summed E-state index contributed by atoms with van der Waals surface area (Å²) in [5.74, 6) is 0. The SMILES string of the molecule is CCCCCCCCCCCCCCCCCCCCCCCCCCCCc1cc(Br)sc1Br. The van der Waals surface area contributed by atoms with Crippen molar-refractivity contribution >= 4 is 43.2 Å². The van der Waals surface area contributed by atoms with Crippen LogP contribution in [0.1, 0.15) is 179 Å². The van der Waals surface area contributed by atoms with Crippen LogP contribution in [0.3, 0.4) is 0 Å². The van der Waals surface area contributed by atoms with Gasteiger partial charge >= 0.3 is 0 Å². The second-order valence-electron chi connectivity index (χ2n) is 10.9. The monoisotopic (exact) mass is 632 g/mol. The molecule has 0 spiro atoms. The molecule has 0 aliphatic heterocycles. The summed E-state index contributed by atoms with van der Waals surface area (Å²) in [5.41, 5.74) is 1.48. The molecule has 0 saturated carbocycles. The zero-order chi connectivity index (χ0) is 25.2. The summed E-state index contributed by atoms with van der Waals surface area (Å²) in [6.45, 7) is 2.30. The Labute approximate surface area is 241 Å². The third-order valence-electron chi connectivity index (χ3n) is 7.53. The number of aryl methyl sites for hydroxylation is 1. The lowest BCUT2D eigenvalue weighted by molar-refractivity contribution is 0.515. The van der Waals surface area contributed by atoms with Crippen molar-refractivity contribution in [1.82, 2.24) is 0 Å². The molecule has 0 atom stereocenters. The van der Waals surface area contributed by atoms with Gasteiger partial charge in [-0.2, -0.15) is 0 Å². The first kappa shape index (κ1) is 33.7. The minimum atomic E-state index is 1.22. The zero-order valence-electron chi connectivity index (χ0n) is 23.3. The van der Waals surface area contributed by atoms with Crippen LogP contribution in [0.5, 0.6) is 0 Å². The molecule has 0 aliphatic rings. The van der Waals surface area contributed by atoms with Crippen LogP contribution < -0.4 is 0 Å². The van der Waals surface area contributed by atoms with Crippen LogP contribution >= 0.6 is 43.2 Å². The molecule has 1 aromatic heterocycles. The Kier molecular flexibility index (Phi) is 25.3. The first-order chi connectivity index (χ1) is 17.2. The van der Waals surface area contributed by atoms with Crippen LogP contribution in [0.15, 0.2) is 13.6 Å². The Bertz CT molecular complexity index is 554. The molecule has 1 rings (SSSR count). The molecule has 0 nitrogen and oxygen atoms in total. The van der Waals surface area contributed by atoms with E-state index in [0.29, 0.717) is 0 Å². The molecular weight excluding hydrogens is 576 g/mol. The molecular formula is C32H58Br2S. The Hall–Kier alpha value is 0.660. The van der Waals surface area contributed by atoms with Crippen molar-refractivity contribution in [3.05, 3.63) is 19.2 Å². The maximum absolute atomic E-state index is 3.67. The van der Waals surface area contributed by atoms with E-state index in [0.717, 1.165) is 0 Å². The van der Waals surface area contributed by atoms with Crippen molar-refractivity contribution in [3.63, 3.8) is 0 Å². The van der Waals surface area contributed by atoms with Gasteiger partial charge in [0, 0.05) is 0 Å². The van der Waals surface area contributed by atoms with Crippen molar-refractivity contribution in [3.8, 4) is 0 Å². The van der Waals surface area contributed by atoms with E-state index in [1.54, 1.807) is 11.3 Å². The van der Waals surface area contributed by atoms with E-state index in [9.17, 15) is 0 Å². The minimum Gasteiger partial charge on any atom is -0.121 e. The summed E-state index contributed by atoms with van der Waals surface area (Å²) in [4.78, 5) is 0. The molecule has 206 valence electrons. The molecule has 0 amide bonds. The quantitative estimate of drug-likeness (QED) is 0.0845. The first-order valence-electron chi connectivity index (χ1n) is 15.7. The van der Waals surface area contributed by atoms with Crippen LogP contribution in [0.2, 0.25) is 0 Å². The zero-order valence-corrected chi connectivity index (χ0v) is 27.3. The van der Waals surface area contributed by atoms with Gasteiger partial charge in [0.2, 0.25) is 0 Å². The molecule has 0 aromatic carbocycles. The summed E-state index contributed by atoms with van der Waals surface area (Å²) in [6, 6.07) is 2.27. The fraction of sp³-hybridized carbons (Fsp3) is 0.875. The molecule has 0 saturated heterocycles. The first-order valence-corrected chi connectivity index (χ1v) is 18.1. The highest BCUT2D eigenvalue weighted by Gasteiger charge is 2.04. The van der Waals surface area contributed by atoms with E-state index in [1.807, 2.05) is 0 Å². The van der Waals surface area contributed by atoms with Gasteiger partial charge < -0.3 is 0 Å². The van der Waals surface area contributed by atoms with Crippen LogP contribution in [0.25, 0.3) is 0 Å². The van der Waals surface area contributed by atoms with Crippen molar-refractivity contribution in [2.75, 3.05) is 0 Å². The van der Waals surface area contributed by atoms with Crippen LogP contribution in [-0.2, 0) is 6.42 Å². The summed E-state index contributed by atoms with van der Waals surface area (Å²) in [6.07, 6.45) is 39.2. The van der Waals surface area contributed by atoms with Gasteiger partial charge in [0.1, 0.15) is 0 Å². The molecule has 1 heterocycles. The third-order valence-corrected chi connectivity index (χ3v) is 9.99. The molecule has 35 heavy (non-hydrogen) atoms. The van der Waals surface area contributed by atoms with Crippen molar-refractivity contribution in [2.24, 2.45) is 0 Å². The molecule has 0 bridgehead atoms. The average molecular weight is 635 g/mol. The highest BCUT2D eigenvalue weighted by molar-refractivity contribution is 9.12. The van der Waals surface area contributed by atoms with E-state index in [1.165, 1.54) is 186 Å². The number of halogens is 2. The van der Waals surface area contributed by atoms with Crippen LogP contribution in [0, 0.1) is 0 Å². The Balaban J connectivity index is 1.66. The van der Waals surface area contributed by atoms with Gasteiger partial charge in [0.25, 0.3) is 0 Å². The number of thiophene rings is 1. The van der Waals surface area contributed by atoms with E-state index in [4.69, 9.17) is 0 Å². The largest absolute Gasteiger partial charge is 0.121 e. The van der Waals surface area contributed by atoms with Gasteiger partial charge in [-0.1, -0.05) is 167 Å². The molecule has 0 N–H and O–H groups in total.